The molecule has 0 unspecified atom stereocenters. The average molecular weight is 282 g/mol. The monoisotopic (exact) mass is 281 g/mol. The van der Waals surface area contributed by atoms with E-state index in [4.69, 9.17) is 11.6 Å². The molecule has 6 heteroatoms. The molecule has 1 heterocycles. The highest BCUT2D eigenvalue weighted by atomic mass is 35.5. The van der Waals surface area contributed by atoms with Crippen LogP contribution < -0.4 is 4.72 Å². The third-order valence-corrected chi connectivity index (χ3v) is 4.88. The normalized spacial score (nSPS) is 16.1. The summed E-state index contributed by atoms with van der Waals surface area (Å²) in [7, 11) is 0. The van der Waals surface area contributed by atoms with Crippen molar-refractivity contribution >= 4 is 34.3 Å². The summed E-state index contributed by atoms with van der Waals surface area (Å²) in [6.45, 7) is 5.54. The van der Waals surface area contributed by atoms with Gasteiger partial charge in [0.2, 0.25) is 0 Å². The minimum atomic E-state index is -1.20. The Morgan fingerprint density at radius 1 is 1.56 bits per heavy atom. The standard InChI is InChI=1S/C10H16ClNO2S2/c1-10(2,3)16(14)12-7(6-13)8-4-5-9(11)15-8/h4-5,7,12-13H,6H2,1-3H3/t7-,16+/m0/s1. The summed E-state index contributed by atoms with van der Waals surface area (Å²) in [6.07, 6.45) is 0. The second kappa shape index (κ2) is 5.71. The van der Waals surface area contributed by atoms with Gasteiger partial charge in [-0.3, -0.25) is 0 Å². The molecule has 1 aromatic heterocycles. The molecule has 1 aromatic rings. The first-order chi connectivity index (χ1) is 7.34. The zero-order chi connectivity index (χ0) is 12.3. The van der Waals surface area contributed by atoms with E-state index in [0.717, 1.165) is 4.88 Å². The van der Waals surface area contributed by atoms with Gasteiger partial charge in [-0.1, -0.05) is 11.6 Å². The smallest absolute Gasteiger partial charge is 0.136 e. The molecule has 0 amide bonds. The van der Waals surface area contributed by atoms with E-state index in [1.54, 1.807) is 6.07 Å². The van der Waals surface area contributed by atoms with Crippen molar-refractivity contribution in [1.29, 1.82) is 0 Å². The first kappa shape index (κ1) is 14.3. The van der Waals surface area contributed by atoms with E-state index in [2.05, 4.69) is 4.72 Å². The van der Waals surface area contributed by atoms with Gasteiger partial charge < -0.3 is 9.66 Å². The van der Waals surface area contributed by atoms with Crippen LogP contribution in [-0.2, 0) is 11.4 Å². The number of hydrogen-bond donors (Lipinski definition) is 2. The quantitative estimate of drug-likeness (QED) is 0.834. The summed E-state index contributed by atoms with van der Waals surface area (Å²) in [6, 6.07) is 3.28. The molecule has 0 aromatic carbocycles. The summed E-state index contributed by atoms with van der Waals surface area (Å²) >= 11 is 6.00. The summed E-state index contributed by atoms with van der Waals surface area (Å²) < 4.78 is 15.1. The molecular weight excluding hydrogens is 266 g/mol. The van der Waals surface area contributed by atoms with Crippen LogP contribution in [0, 0.1) is 0 Å². The first-order valence-corrected chi connectivity index (χ1v) is 7.23. The number of halogens is 1. The maximum absolute atomic E-state index is 11.9. The lowest BCUT2D eigenvalue weighted by molar-refractivity contribution is 0.260. The zero-order valence-electron chi connectivity index (χ0n) is 9.49. The van der Waals surface area contributed by atoms with Crippen molar-refractivity contribution in [2.24, 2.45) is 0 Å². The van der Waals surface area contributed by atoms with Gasteiger partial charge in [0.05, 0.1) is 10.9 Å². The Morgan fingerprint density at radius 2 is 2.19 bits per heavy atom. The molecule has 0 spiro atoms. The Morgan fingerprint density at radius 3 is 2.56 bits per heavy atom. The lowest BCUT2D eigenvalue weighted by Gasteiger charge is -2.26. The maximum Gasteiger partial charge on any atom is 0.136 e. The third kappa shape index (κ3) is 3.91. The van der Waals surface area contributed by atoms with Crippen LogP contribution in [0.4, 0.5) is 0 Å². The lowest BCUT2D eigenvalue weighted by atomic mass is 10.3. The third-order valence-electron chi connectivity index (χ3n) is 1.93. The second-order valence-electron chi connectivity index (χ2n) is 4.38. The number of hydrogen-bond acceptors (Lipinski definition) is 4. The van der Waals surface area contributed by atoms with Crippen molar-refractivity contribution < 1.29 is 9.66 Å². The Labute approximate surface area is 108 Å². The molecule has 0 aliphatic heterocycles. The number of thiophene rings is 1. The van der Waals surface area contributed by atoms with E-state index < -0.39 is 11.4 Å². The largest absolute Gasteiger partial charge is 0.598 e. The molecule has 0 aliphatic carbocycles. The first-order valence-electron chi connectivity index (χ1n) is 4.88. The SMILES string of the molecule is CC(C)(C)[S@@+]([O-])N[C@@H](CO)c1ccc(Cl)s1. The Bertz CT molecular complexity index is 338. The maximum atomic E-state index is 11.9. The van der Waals surface area contributed by atoms with E-state index in [1.165, 1.54) is 11.3 Å². The number of rotatable bonds is 4. The summed E-state index contributed by atoms with van der Waals surface area (Å²) in [4.78, 5) is 0.894. The van der Waals surface area contributed by atoms with Gasteiger partial charge >= 0.3 is 0 Å². The van der Waals surface area contributed by atoms with Crippen LogP contribution in [0.3, 0.4) is 0 Å². The molecule has 1 rings (SSSR count). The van der Waals surface area contributed by atoms with Crippen LogP contribution in [0.15, 0.2) is 12.1 Å². The summed E-state index contributed by atoms with van der Waals surface area (Å²) in [5.74, 6) is 0. The van der Waals surface area contributed by atoms with Gasteiger partial charge in [0.1, 0.15) is 10.8 Å². The number of aliphatic hydroxyl groups excluding tert-OH is 1. The summed E-state index contributed by atoms with van der Waals surface area (Å²) in [5, 5.41) is 9.27. The Balaban J connectivity index is 2.70. The van der Waals surface area contributed by atoms with Crippen LogP contribution in [0.2, 0.25) is 4.34 Å². The molecule has 0 saturated carbocycles. The highest BCUT2D eigenvalue weighted by molar-refractivity contribution is 7.90. The highest BCUT2D eigenvalue weighted by Gasteiger charge is 2.30. The molecule has 92 valence electrons. The summed E-state index contributed by atoms with van der Waals surface area (Å²) in [5.41, 5.74) is 0. The lowest BCUT2D eigenvalue weighted by Crippen LogP contribution is -2.42. The Hall–Kier alpha value is 0.220. The molecule has 0 bridgehead atoms. The minimum absolute atomic E-state index is 0.0985. The number of aliphatic hydroxyl groups is 1. The molecule has 0 radical (unpaired) electrons. The second-order valence-corrected chi connectivity index (χ2v) is 8.12. The van der Waals surface area contributed by atoms with Gasteiger partial charge in [-0.2, -0.15) is 0 Å². The molecule has 2 N–H and O–H groups in total. The van der Waals surface area contributed by atoms with Crippen molar-refractivity contribution in [3.63, 3.8) is 0 Å². The van der Waals surface area contributed by atoms with E-state index in [9.17, 15) is 9.66 Å². The molecular formula is C10H16ClNO2S2. The average Bonchev–Trinajstić information content (AvgIpc) is 2.59. The minimum Gasteiger partial charge on any atom is -0.598 e. The molecule has 0 saturated heterocycles. The zero-order valence-corrected chi connectivity index (χ0v) is 11.9. The van der Waals surface area contributed by atoms with Gasteiger partial charge in [0.15, 0.2) is 0 Å². The molecule has 0 fully saturated rings. The van der Waals surface area contributed by atoms with Gasteiger partial charge in [-0.05, 0) is 32.9 Å². The molecule has 0 aliphatic rings. The Kier molecular flexibility index (Phi) is 5.10. The van der Waals surface area contributed by atoms with Crippen molar-refractivity contribution in [2.75, 3.05) is 6.61 Å². The molecule has 16 heavy (non-hydrogen) atoms. The predicted molar refractivity (Wildman–Crippen MR) is 70.2 cm³/mol. The van der Waals surface area contributed by atoms with Gasteiger partial charge in [0.25, 0.3) is 0 Å². The van der Waals surface area contributed by atoms with Gasteiger partial charge in [0, 0.05) is 16.2 Å². The molecule has 2 atom stereocenters. The van der Waals surface area contributed by atoms with Gasteiger partial charge in [-0.15, -0.1) is 16.1 Å². The van der Waals surface area contributed by atoms with Crippen molar-refractivity contribution in [1.82, 2.24) is 4.72 Å². The highest BCUT2D eigenvalue weighted by Crippen LogP contribution is 2.28. The van der Waals surface area contributed by atoms with E-state index >= 15 is 0 Å². The van der Waals surface area contributed by atoms with Crippen LogP contribution in [0.1, 0.15) is 31.7 Å². The van der Waals surface area contributed by atoms with Crippen LogP contribution in [-0.4, -0.2) is 21.0 Å². The fraction of sp³-hybridized carbons (Fsp3) is 0.600. The fourth-order valence-electron chi connectivity index (χ4n) is 1.01. The van der Waals surface area contributed by atoms with Crippen molar-refractivity contribution in [2.45, 2.75) is 31.6 Å². The van der Waals surface area contributed by atoms with Crippen LogP contribution in [0.5, 0.6) is 0 Å². The number of nitrogens with one attached hydrogen (secondary N) is 1. The van der Waals surface area contributed by atoms with E-state index in [1.807, 2.05) is 26.8 Å². The predicted octanol–water partition coefficient (Wildman–Crippen LogP) is 2.49. The fourth-order valence-corrected chi connectivity index (χ4v) is 3.00. The van der Waals surface area contributed by atoms with Crippen LogP contribution in [0.25, 0.3) is 0 Å². The topological polar surface area (TPSA) is 55.3 Å². The van der Waals surface area contributed by atoms with Crippen molar-refractivity contribution in [3.05, 3.63) is 21.3 Å². The molecule has 3 nitrogen and oxygen atoms in total. The van der Waals surface area contributed by atoms with Crippen molar-refractivity contribution in [3.8, 4) is 0 Å². The van der Waals surface area contributed by atoms with Gasteiger partial charge in [-0.25, -0.2) is 0 Å². The van der Waals surface area contributed by atoms with E-state index in [0.29, 0.717) is 4.34 Å². The van der Waals surface area contributed by atoms with E-state index in [-0.39, 0.29) is 17.4 Å². The van der Waals surface area contributed by atoms with Crippen LogP contribution >= 0.6 is 22.9 Å².